The maximum Gasteiger partial charge on any atom is 0.322 e. The summed E-state index contributed by atoms with van der Waals surface area (Å²) in [7, 11) is 0. The lowest BCUT2D eigenvalue weighted by Crippen LogP contribution is -2.56. The smallest absolute Gasteiger partial charge is 0.322 e. The maximum absolute atomic E-state index is 12.6. The van der Waals surface area contributed by atoms with Crippen LogP contribution in [-0.2, 0) is 25.6 Å². The van der Waals surface area contributed by atoms with Gasteiger partial charge in [0, 0.05) is 12.2 Å². The summed E-state index contributed by atoms with van der Waals surface area (Å²) in [5.41, 5.74) is 6.35. The van der Waals surface area contributed by atoms with Gasteiger partial charge in [-0.05, 0) is 12.5 Å². The minimum Gasteiger partial charge on any atom is -0.480 e. The molecule has 0 saturated heterocycles. The van der Waals surface area contributed by atoms with Crippen LogP contribution in [0.3, 0.4) is 0 Å². The van der Waals surface area contributed by atoms with Crippen LogP contribution in [0.5, 0.6) is 0 Å². The first-order valence-electron chi connectivity index (χ1n) is 8.25. The van der Waals surface area contributed by atoms with E-state index in [-0.39, 0.29) is 12.2 Å². The number of nitrogens with one attached hydrogen (secondary N) is 3. The number of carboxylic acids is 1. The second kappa shape index (κ2) is 11.2. The summed E-state index contributed by atoms with van der Waals surface area (Å²) in [4.78, 5) is 47.1. The second-order valence-electron chi connectivity index (χ2n) is 5.89. The molecule has 0 spiro atoms. The fraction of sp³-hybridized carbons (Fsp3) is 0.412. The van der Waals surface area contributed by atoms with Crippen LogP contribution in [0.4, 0.5) is 0 Å². The highest BCUT2D eigenvalue weighted by Gasteiger charge is 2.27. The number of nitrogens with two attached hydrogens (primary N) is 1. The lowest BCUT2D eigenvalue weighted by atomic mass is 10.0. The third kappa shape index (κ3) is 8.09. The average molecular weight is 396 g/mol. The molecule has 0 radical (unpaired) electrons. The van der Waals surface area contributed by atoms with Crippen molar-refractivity contribution < 1.29 is 24.3 Å². The van der Waals surface area contributed by atoms with E-state index in [9.17, 15) is 19.2 Å². The van der Waals surface area contributed by atoms with E-state index in [4.69, 9.17) is 10.8 Å². The van der Waals surface area contributed by atoms with E-state index in [0.717, 1.165) is 5.56 Å². The molecular formula is C17H24N4O5S. The standard InChI is InChI=1S/C17H24N4O5S/c1-10(18)15(24)20-12(7-11-5-3-2-4-6-11)17(26)21-13(9-27)16(25)19-8-14(22)23/h2-6,10,12-13,27H,7-9,18H2,1H3,(H,19,25)(H,20,24)(H,21,26)(H,22,23). The van der Waals surface area contributed by atoms with Crippen LogP contribution in [0.25, 0.3) is 0 Å². The van der Waals surface area contributed by atoms with Gasteiger partial charge in [-0.3, -0.25) is 19.2 Å². The number of benzene rings is 1. The van der Waals surface area contributed by atoms with Crippen LogP contribution in [0.1, 0.15) is 12.5 Å². The van der Waals surface area contributed by atoms with Gasteiger partial charge in [-0.2, -0.15) is 12.6 Å². The molecule has 0 bridgehead atoms. The molecule has 148 valence electrons. The number of carbonyl (C=O) groups excluding carboxylic acids is 3. The molecule has 1 aromatic carbocycles. The van der Waals surface area contributed by atoms with E-state index in [1.54, 1.807) is 24.3 Å². The summed E-state index contributed by atoms with van der Waals surface area (Å²) in [5.74, 6) is -3.05. The van der Waals surface area contributed by atoms with Crippen LogP contribution in [-0.4, -0.2) is 59.2 Å². The van der Waals surface area contributed by atoms with Crippen molar-refractivity contribution >= 4 is 36.3 Å². The number of thiol groups is 1. The van der Waals surface area contributed by atoms with E-state index >= 15 is 0 Å². The molecule has 0 aromatic heterocycles. The normalized spacial score (nSPS) is 13.7. The Balaban J connectivity index is 2.85. The molecule has 0 aliphatic rings. The van der Waals surface area contributed by atoms with Gasteiger partial charge in [0.2, 0.25) is 17.7 Å². The summed E-state index contributed by atoms with van der Waals surface area (Å²) in [5, 5.41) is 15.8. The molecule has 0 aliphatic carbocycles. The summed E-state index contributed by atoms with van der Waals surface area (Å²) in [6.45, 7) is 0.913. The number of hydrogen-bond donors (Lipinski definition) is 6. The van der Waals surface area contributed by atoms with Crippen molar-refractivity contribution in [1.82, 2.24) is 16.0 Å². The van der Waals surface area contributed by atoms with Gasteiger partial charge in [0.1, 0.15) is 18.6 Å². The molecule has 27 heavy (non-hydrogen) atoms. The summed E-state index contributed by atoms with van der Waals surface area (Å²) in [6, 6.07) is 6.20. The highest BCUT2D eigenvalue weighted by molar-refractivity contribution is 7.80. The van der Waals surface area contributed by atoms with Gasteiger partial charge < -0.3 is 26.8 Å². The minimum atomic E-state index is -1.21. The molecule has 1 rings (SSSR count). The highest BCUT2D eigenvalue weighted by atomic mass is 32.1. The lowest BCUT2D eigenvalue weighted by Gasteiger charge is -2.23. The van der Waals surface area contributed by atoms with Crippen LogP contribution in [0.2, 0.25) is 0 Å². The van der Waals surface area contributed by atoms with E-state index in [0.29, 0.717) is 0 Å². The van der Waals surface area contributed by atoms with Crippen molar-refractivity contribution in [2.75, 3.05) is 12.3 Å². The van der Waals surface area contributed by atoms with Crippen molar-refractivity contribution in [2.24, 2.45) is 5.73 Å². The summed E-state index contributed by atoms with van der Waals surface area (Å²) >= 11 is 4.01. The van der Waals surface area contributed by atoms with Crippen molar-refractivity contribution in [3.63, 3.8) is 0 Å². The molecule has 1 aromatic rings. The first-order chi connectivity index (χ1) is 12.7. The van der Waals surface area contributed by atoms with Crippen LogP contribution < -0.4 is 21.7 Å². The second-order valence-corrected chi connectivity index (χ2v) is 6.26. The van der Waals surface area contributed by atoms with Crippen molar-refractivity contribution in [1.29, 1.82) is 0 Å². The van der Waals surface area contributed by atoms with Gasteiger partial charge in [-0.15, -0.1) is 0 Å². The molecular weight excluding hydrogens is 372 g/mol. The Hall–Kier alpha value is -2.59. The Bertz CT molecular complexity index is 669. The molecule has 0 saturated carbocycles. The van der Waals surface area contributed by atoms with Crippen LogP contribution >= 0.6 is 12.6 Å². The molecule has 3 unspecified atom stereocenters. The number of aliphatic carboxylic acids is 1. The molecule has 6 N–H and O–H groups in total. The highest BCUT2D eigenvalue weighted by Crippen LogP contribution is 2.05. The quantitative estimate of drug-likeness (QED) is 0.270. The predicted octanol–water partition coefficient (Wildman–Crippen LogP) is -1.32. The van der Waals surface area contributed by atoms with Crippen LogP contribution in [0.15, 0.2) is 30.3 Å². The van der Waals surface area contributed by atoms with E-state index in [1.807, 2.05) is 6.07 Å². The van der Waals surface area contributed by atoms with Gasteiger partial charge in [0.15, 0.2) is 0 Å². The molecule has 0 heterocycles. The predicted molar refractivity (Wildman–Crippen MR) is 102 cm³/mol. The first-order valence-corrected chi connectivity index (χ1v) is 8.88. The Morgan fingerprint density at radius 2 is 1.63 bits per heavy atom. The zero-order valence-electron chi connectivity index (χ0n) is 14.8. The molecule has 0 fully saturated rings. The van der Waals surface area contributed by atoms with E-state index < -0.39 is 48.4 Å². The van der Waals surface area contributed by atoms with Crippen molar-refractivity contribution in [3.05, 3.63) is 35.9 Å². The van der Waals surface area contributed by atoms with Gasteiger partial charge in [0.05, 0.1) is 6.04 Å². The van der Waals surface area contributed by atoms with E-state index in [2.05, 4.69) is 28.6 Å². The summed E-state index contributed by atoms with van der Waals surface area (Å²) < 4.78 is 0. The molecule has 3 atom stereocenters. The Morgan fingerprint density at radius 1 is 1.04 bits per heavy atom. The van der Waals surface area contributed by atoms with Gasteiger partial charge >= 0.3 is 5.97 Å². The zero-order valence-corrected chi connectivity index (χ0v) is 15.7. The number of hydrogen-bond acceptors (Lipinski definition) is 6. The first kappa shape index (κ1) is 22.5. The number of carbonyl (C=O) groups is 4. The van der Waals surface area contributed by atoms with E-state index in [1.165, 1.54) is 6.92 Å². The number of amides is 3. The lowest BCUT2D eigenvalue weighted by molar-refractivity contribution is -0.138. The Kier molecular flexibility index (Phi) is 9.31. The molecule has 0 aliphatic heterocycles. The fourth-order valence-corrected chi connectivity index (χ4v) is 2.37. The monoisotopic (exact) mass is 396 g/mol. The van der Waals surface area contributed by atoms with Gasteiger partial charge in [-0.25, -0.2) is 0 Å². The Labute approximate surface area is 162 Å². The van der Waals surface area contributed by atoms with Crippen LogP contribution in [0, 0.1) is 0 Å². The topological polar surface area (TPSA) is 151 Å². The summed E-state index contributed by atoms with van der Waals surface area (Å²) in [6.07, 6.45) is 0.196. The molecule has 10 heteroatoms. The fourth-order valence-electron chi connectivity index (χ4n) is 2.11. The average Bonchev–Trinajstić information content (AvgIpc) is 2.63. The molecule has 3 amide bonds. The number of rotatable bonds is 10. The third-order valence-corrected chi connectivity index (χ3v) is 3.92. The molecule has 9 nitrogen and oxygen atoms in total. The maximum atomic E-state index is 12.6. The SMILES string of the molecule is CC(N)C(=O)NC(Cc1ccccc1)C(=O)NC(CS)C(=O)NCC(=O)O. The number of carboxylic acid groups (broad SMARTS) is 1. The Morgan fingerprint density at radius 3 is 2.15 bits per heavy atom. The third-order valence-electron chi connectivity index (χ3n) is 3.56. The van der Waals surface area contributed by atoms with Gasteiger partial charge in [0.25, 0.3) is 0 Å². The zero-order chi connectivity index (χ0) is 20.4. The minimum absolute atomic E-state index is 0.0452. The largest absolute Gasteiger partial charge is 0.480 e. The van der Waals surface area contributed by atoms with Gasteiger partial charge in [-0.1, -0.05) is 30.3 Å². The van der Waals surface area contributed by atoms with Crippen molar-refractivity contribution in [3.8, 4) is 0 Å². The van der Waals surface area contributed by atoms with Crippen molar-refractivity contribution in [2.45, 2.75) is 31.5 Å².